The minimum absolute atomic E-state index is 0.123. The molecule has 0 spiro atoms. The number of rotatable bonds is 7. The van der Waals surface area contributed by atoms with Gasteiger partial charge >= 0.3 is 6.09 Å². The van der Waals surface area contributed by atoms with E-state index in [0.717, 1.165) is 18.4 Å². The Bertz CT molecular complexity index is 856. The van der Waals surface area contributed by atoms with Crippen LogP contribution in [-0.2, 0) is 11.3 Å². The van der Waals surface area contributed by atoms with Gasteiger partial charge in [-0.05, 0) is 23.5 Å². The van der Waals surface area contributed by atoms with Crippen LogP contribution in [0.4, 0.5) is 4.79 Å². The molecule has 1 atom stereocenters. The van der Waals surface area contributed by atoms with Gasteiger partial charge in [-0.15, -0.1) is 0 Å². The number of nitrogens with one attached hydrogen (secondary N) is 1. The van der Waals surface area contributed by atoms with Gasteiger partial charge in [0.25, 0.3) is 0 Å². The number of hydrogen-bond acceptors (Lipinski definition) is 5. The lowest BCUT2D eigenvalue weighted by Crippen LogP contribution is -2.36. The summed E-state index contributed by atoms with van der Waals surface area (Å²) in [5.74, 6) is 0.127. The summed E-state index contributed by atoms with van der Waals surface area (Å²) in [6.45, 7) is 12.7. The molecule has 1 amide bonds. The molecule has 1 aromatic carbocycles. The zero-order valence-corrected chi connectivity index (χ0v) is 17.2. The average Bonchev–Trinajstić information content (AvgIpc) is 2.65. The number of alkyl carbamates (subject to hydrolysis) is 1. The van der Waals surface area contributed by atoms with E-state index in [4.69, 9.17) is 10.5 Å². The van der Waals surface area contributed by atoms with E-state index in [1.807, 2.05) is 12.1 Å². The monoisotopic (exact) mass is 385 g/mol. The lowest BCUT2D eigenvalue weighted by atomic mass is 9.86. The van der Waals surface area contributed by atoms with E-state index in [2.05, 4.69) is 44.6 Å². The standard InChI is InChI=1S/C22H31N3O3/c1-6-8-18(22(3,4)5)28-21(27)25-12-14(2)16-9-7-10-17-19(16)24-13-15(11-23)20(17)26/h7,9-10,13,18H,2,6,8,11-12,23H2,1,3-5H3,(H,24,26)(H,25,27). The second-order valence-corrected chi connectivity index (χ2v) is 8.04. The number of amides is 1. The largest absolute Gasteiger partial charge is 0.507 e. The SMILES string of the molecule is C=C(CNC(=O)OC(CCC)C(C)(C)C)c1cccc2c(O)c(CN)cnc12. The van der Waals surface area contributed by atoms with Crippen LogP contribution < -0.4 is 11.1 Å². The van der Waals surface area contributed by atoms with E-state index in [-0.39, 0.29) is 30.4 Å². The fourth-order valence-electron chi connectivity index (χ4n) is 3.06. The third-order valence-corrected chi connectivity index (χ3v) is 4.76. The van der Waals surface area contributed by atoms with Crippen molar-refractivity contribution in [1.82, 2.24) is 10.3 Å². The summed E-state index contributed by atoms with van der Waals surface area (Å²) in [4.78, 5) is 16.7. The number of carbonyl (C=O) groups excluding carboxylic acids is 1. The summed E-state index contributed by atoms with van der Waals surface area (Å²) >= 11 is 0. The number of aromatic nitrogens is 1. The highest BCUT2D eigenvalue weighted by Gasteiger charge is 2.27. The third-order valence-electron chi connectivity index (χ3n) is 4.76. The van der Waals surface area contributed by atoms with E-state index in [9.17, 15) is 9.90 Å². The number of ether oxygens (including phenoxy) is 1. The molecule has 0 fully saturated rings. The van der Waals surface area contributed by atoms with Crippen LogP contribution in [-0.4, -0.2) is 28.8 Å². The normalized spacial score (nSPS) is 12.6. The summed E-state index contributed by atoms with van der Waals surface area (Å²) in [7, 11) is 0. The van der Waals surface area contributed by atoms with Crippen LogP contribution in [0, 0.1) is 5.41 Å². The van der Waals surface area contributed by atoms with Crippen molar-refractivity contribution in [3.63, 3.8) is 0 Å². The molecule has 0 aliphatic heterocycles. The molecule has 4 N–H and O–H groups in total. The molecule has 2 rings (SSSR count). The van der Waals surface area contributed by atoms with Crippen LogP contribution in [0.15, 0.2) is 31.0 Å². The van der Waals surface area contributed by atoms with E-state index in [1.54, 1.807) is 12.3 Å². The number of pyridine rings is 1. The first kappa shape index (κ1) is 21.7. The quantitative estimate of drug-likeness (QED) is 0.658. The van der Waals surface area contributed by atoms with Crippen molar-refractivity contribution in [1.29, 1.82) is 0 Å². The predicted octanol–water partition coefficient (Wildman–Crippen LogP) is 4.35. The van der Waals surface area contributed by atoms with Crippen LogP contribution in [0.1, 0.15) is 51.7 Å². The maximum atomic E-state index is 12.3. The molecule has 152 valence electrons. The summed E-state index contributed by atoms with van der Waals surface area (Å²) in [6, 6.07) is 5.47. The van der Waals surface area contributed by atoms with E-state index in [1.165, 1.54) is 0 Å². The molecular weight excluding hydrogens is 354 g/mol. The Morgan fingerprint density at radius 2 is 2.11 bits per heavy atom. The molecule has 0 aliphatic carbocycles. The van der Waals surface area contributed by atoms with Gasteiger partial charge in [-0.2, -0.15) is 0 Å². The molecule has 1 unspecified atom stereocenters. The Morgan fingerprint density at radius 3 is 2.71 bits per heavy atom. The molecular formula is C22H31N3O3. The highest BCUT2D eigenvalue weighted by atomic mass is 16.6. The molecule has 28 heavy (non-hydrogen) atoms. The highest BCUT2D eigenvalue weighted by molar-refractivity contribution is 5.95. The average molecular weight is 386 g/mol. The van der Waals surface area contributed by atoms with E-state index in [0.29, 0.717) is 22.0 Å². The Hall–Kier alpha value is -2.60. The zero-order valence-electron chi connectivity index (χ0n) is 17.2. The van der Waals surface area contributed by atoms with Crippen LogP contribution >= 0.6 is 0 Å². The lowest BCUT2D eigenvalue weighted by Gasteiger charge is -2.30. The van der Waals surface area contributed by atoms with Crippen LogP contribution in [0.25, 0.3) is 16.5 Å². The van der Waals surface area contributed by atoms with E-state index >= 15 is 0 Å². The molecule has 6 heteroatoms. The van der Waals surface area contributed by atoms with E-state index < -0.39 is 6.09 Å². The van der Waals surface area contributed by atoms with Crippen molar-refractivity contribution in [2.24, 2.45) is 11.1 Å². The Kier molecular flexibility index (Phi) is 7.02. The third kappa shape index (κ3) is 5.01. The maximum Gasteiger partial charge on any atom is 0.407 e. The molecule has 0 saturated carbocycles. The van der Waals surface area contributed by atoms with Crippen LogP contribution in [0.5, 0.6) is 5.75 Å². The first-order valence-electron chi connectivity index (χ1n) is 9.61. The molecule has 1 heterocycles. The smallest absolute Gasteiger partial charge is 0.407 e. The van der Waals surface area contributed by atoms with Gasteiger partial charge in [-0.1, -0.05) is 52.8 Å². The topological polar surface area (TPSA) is 97.5 Å². The summed E-state index contributed by atoms with van der Waals surface area (Å²) in [6.07, 6.45) is 2.70. The summed E-state index contributed by atoms with van der Waals surface area (Å²) < 4.78 is 5.62. The number of carbonyl (C=O) groups is 1. The lowest BCUT2D eigenvalue weighted by molar-refractivity contribution is 0.0262. The Morgan fingerprint density at radius 1 is 1.39 bits per heavy atom. The molecule has 0 aliphatic rings. The number of para-hydroxylation sites is 1. The second-order valence-electron chi connectivity index (χ2n) is 8.04. The highest BCUT2D eigenvalue weighted by Crippen LogP contribution is 2.31. The van der Waals surface area contributed by atoms with Crippen molar-refractivity contribution in [3.05, 3.63) is 42.1 Å². The van der Waals surface area contributed by atoms with Gasteiger partial charge in [0.05, 0.1) is 5.52 Å². The summed E-state index contributed by atoms with van der Waals surface area (Å²) in [5, 5.41) is 13.7. The number of nitrogens with zero attached hydrogens (tertiary/aromatic N) is 1. The van der Waals surface area contributed by atoms with Gasteiger partial charge in [0, 0.05) is 35.8 Å². The van der Waals surface area contributed by atoms with Crippen molar-refractivity contribution in [2.75, 3.05) is 6.54 Å². The van der Waals surface area contributed by atoms with Crippen molar-refractivity contribution < 1.29 is 14.6 Å². The maximum absolute atomic E-state index is 12.3. The van der Waals surface area contributed by atoms with Gasteiger partial charge in [-0.3, -0.25) is 4.98 Å². The predicted molar refractivity (Wildman–Crippen MR) is 113 cm³/mol. The number of nitrogens with two attached hydrogens (primary N) is 1. The fraction of sp³-hybridized carbons (Fsp3) is 0.455. The Labute approximate surface area is 166 Å². The minimum Gasteiger partial charge on any atom is -0.507 e. The molecule has 0 bridgehead atoms. The number of fused-ring (bicyclic) bond motifs is 1. The minimum atomic E-state index is -0.462. The first-order chi connectivity index (χ1) is 13.2. The number of benzene rings is 1. The van der Waals surface area contributed by atoms with Crippen molar-refractivity contribution >= 4 is 22.6 Å². The van der Waals surface area contributed by atoms with Gasteiger partial charge < -0.3 is 20.9 Å². The van der Waals surface area contributed by atoms with Crippen molar-refractivity contribution in [2.45, 2.75) is 53.2 Å². The van der Waals surface area contributed by atoms with Crippen molar-refractivity contribution in [3.8, 4) is 5.75 Å². The molecule has 0 saturated heterocycles. The van der Waals surface area contributed by atoms with Gasteiger partial charge in [0.2, 0.25) is 0 Å². The van der Waals surface area contributed by atoms with Crippen LogP contribution in [0.3, 0.4) is 0 Å². The molecule has 1 aromatic heterocycles. The fourth-order valence-corrected chi connectivity index (χ4v) is 3.06. The second kappa shape index (κ2) is 9.06. The van der Waals surface area contributed by atoms with Gasteiger partial charge in [0.1, 0.15) is 11.9 Å². The van der Waals surface area contributed by atoms with Gasteiger partial charge in [0.15, 0.2) is 0 Å². The summed E-state index contributed by atoms with van der Waals surface area (Å²) in [5.41, 5.74) is 8.16. The molecule has 0 radical (unpaired) electrons. The number of aromatic hydroxyl groups is 1. The molecule has 6 nitrogen and oxygen atoms in total. The zero-order chi connectivity index (χ0) is 20.9. The Balaban J connectivity index is 2.11. The van der Waals surface area contributed by atoms with Gasteiger partial charge in [-0.25, -0.2) is 4.79 Å². The molecule has 2 aromatic rings. The van der Waals surface area contributed by atoms with Crippen LogP contribution in [0.2, 0.25) is 0 Å². The first-order valence-corrected chi connectivity index (χ1v) is 9.61. The number of hydrogen-bond donors (Lipinski definition) is 3.